The zero-order valence-corrected chi connectivity index (χ0v) is 13.0. The van der Waals surface area contributed by atoms with Gasteiger partial charge in [0.05, 0.1) is 12.6 Å². The molecule has 0 spiro atoms. The number of anilines is 2. The van der Waals surface area contributed by atoms with Crippen molar-refractivity contribution >= 4 is 23.2 Å². The molecule has 0 aromatic heterocycles. The Morgan fingerprint density at radius 3 is 2.64 bits per heavy atom. The lowest BCUT2D eigenvalue weighted by atomic mass is 10.0. The van der Waals surface area contributed by atoms with Gasteiger partial charge in [-0.3, -0.25) is 9.59 Å². The van der Waals surface area contributed by atoms with Gasteiger partial charge in [0.15, 0.2) is 0 Å². The molecule has 1 saturated heterocycles. The van der Waals surface area contributed by atoms with E-state index in [0.717, 1.165) is 5.69 Å². The van der Waals surface area contributed by atoms with Crippen LogP contribution in [0.1, 0.15) is 20.3 Å². The summed E-state index contributed by atoms with van der Waals surface area (Å²) in [6.45, 7) is 5.25. The van der Waals surface area contributed by atoms with Crippen molar-refractivity contribution in [1.29, 1.82) is 0 Å². The van der Waals surface area contributed by atoms with Gasteiger partial charge in [0.1, 0.15) is 6.61 Å². The van der Waals surface area contributed by atoms with Crippen LogP contribution in [0.4, 0.5) is 11.4 Å². The molecule has 0 unspecified atom stereocenters. The zero-order valence-electron chi connectivity index (χ0n) is 13.0. The van der Waals surface area contributed by atoms with Crippen molar-refractivity contribution in [1.82, 2.24) is 0 Å². The maximum absolute atomic E-state index is 12.0. The first-order valence-corrected chi connectivity index (χ1v) is 7.52. The number of amides is 2. The van der Waals surface area contributed by atoms with Gasteiger partial charge in [-0.05, 0) is 36.6 Å². The highest BCUT2D eigenvalue weighted by Crippen LogP contribution is 2.20. The van der Waals surface area contributed by atoms with Gasteiger partial charge >= 0.3 is 0 Å². The number of ether oxygens (including phenoxy) is 1. The molecule has 1 heterocycles. The Balaban J connectivity index is 1.97. The van der Waals surface area contributed by atoms with E-state index in [2.05, 4.69) is 5.32 Å². The molecule has 2 amide bonds. The third kappa shape index (κ3) is 4.29. The first-order valence-electron chi connectivity index (χ1n) is 7.52. The fourth-order valence-electron chi connectivity index (χ4n) is 2.37. The number of hydrogen-bond acceptors (Lipinski definition) is 4. The topological polar surface area (TPSA) is 84.7 Å². The van der Waals surface area contributed by atoms with Crippen LogP contribution in [0.5, 0.6) is 0 Å². The number of rotatable bonds is 5. The van der Waals surface area contributed by atoms with Crippen LogP contribution in [-0.2, 0) is 14.3 Å². The summed E-state index contributed by atoms with van der Waals surface area (Å²) in [4.78, 5) is 25.4. The average Bonchev–Trinajstić information content (AvgIpc) is 2.48. The molecular formula is C16H23N3O3. The van der Waals surface area contributed by atoms with E-state index < -0.39 is 6.04 Å². The summed E-state index contributed by atoms with van der Waals surface area (Å²) < 4.78 is 5.11. The van der Waals surface area contributed by atoms with Gasteiger partial charge in [-0.15, -0.1) is 0 Å². The summed E-state index contributed by atoms with van der Waals surface area (Å²) in [6, 6.07) is 6.66. The molecule has 1 aromatic carbocycles. The van der Waals surface area contributed by atoms with Crippen LogP contribution >= 0.6 is 0 Å². The Hall–Kier alpha value is -1.92. The predicted octanol–water partition coefficient (Wildman–Crippen LogP) is 1.36. The van der Waals surface area contributed by atoms with E-state index in [1.165, 1.54) is 0 Å². The Morgan fingerprint density at radius 1 is 1.36 bits per heavy atom. The molecule has 1 aromatic rings. The third-order valence-corrected chi connectivity index (χ3v) is 3.49. The average molecular weight is 305 g/mol. The smallest absolute Gasteiger partial charge is 0.253 e. The second-order valence-corrected chi connectivity index (χ2v) is 5.87. The van der Waals surface area contributed by atoms with Crippen molar-refractivity contribution in [2.75, 3.05) is 30.0 Å². The summed E-state index contributed by atoms with van der Waals surface area (Å²) in [6.07, 6.45) is 0.645. The molecule has 0 saturated carbocycles. The first-order chi connectivity index (χ1) is 10.5. The molecule has 0 bridgehead atoms. The molecule has 3 N–H and O–H groups in total. The fraction of sp³-hybridized carbons (Fsp3) is 0.500. The van der Waals surface area contributed by atoms with Crippen LogP contribution in [0.25, 0.3) is 0 Å². The molecule has 1 aliphatic rings. The summed E-state index contributed by atoms with van der Waals surface area (Å²) >= 11 is 0. The quantitative estimate of drug-likeness (QED) is 0.860. The standard InChI is InChI=1S/C16H23N3O3/c1-11(2)9-14(17)16(21)18-12-3-5-13(6-4-12)19-7-8-22-10-15(19)20/h3-6,11,14H,7-10,17H2,1-2H3,(H,18,21)/t14-/m1/s1. The number of benzene rings is 1. The van der Waals surface area contributed by atoms with Crippen molar-refractivity contribution in [2.24, 2.45) is 11.7 Å². The summed E-state index contributed by atoms with van der Waals surface area (Å²) in [5, 5.41) is 2.80. The Labute approximate surface area is 130 Å². The van der Waals surface area contributed by atoms with Gasteiger partial charge in [-0.25, -0.2) is 0 Å². The minimum absolute atomic E-state index is 0.0537. The van der Waals surface area contributed by atoms with Crippen molar-refractivity contribution in [3.63, 3.8) is 0 Å². The first kappa shape index (κ1) is 16.5. The summed E-state index contributed by atoms with van der Waals surface area (Å²) in [7, 11) is 0. The van der Waals surface area contributed by atoms with Crippen LogP contribution < -0.4 is 16.0 Å². The number of nitrogens with one attached hydrogen (secondary N) is 1. The fourth-order valence-corrected chi connectivity index (χ4v) is 2.37. The van der Waals surface area contributed by atoms with Gasteiger partial charge < -0.3 is 20.7 Å². The summed E-state index contributed by atoms with van der Waals surface area (Å²) in [5.41, 5.74) is 7.33. The minimum Gasteiger partial charge on any atom is -0.370 e. The molecule has 2 rings (SSSR count). The molecule has 1 aliphatic heterocycles. The van der Waals surface area contributed by atoms with Crippen molar-refractivity contribution in [2.45, 2.75) is 26.3 Å². The highest BCUT2D eigenvalue weighted by atomic mass is 16.5. The van der Waals surface area contributed by atoms with E-state index in [1.807, 2.05) is 26.0 Å². The number of morpholine rings is 1. The SMILES string of the molecule is CC(C)C[C@@H](N)C(=O)Nc1ccc(N2CCOCC2=O)cc1. The molecule has 1 atom stereocenters. The highest BCUT2D eigenvalue weighted by molar-refractivity contribution is 5.96. The summed E-state index contributed by atoms with van der Waals surface area (Å²) in [5.74, 6) is 0.126. The Kier molecular flexibility index (Phi) is 5.51. The number of carbonyl (C=O) groups is 2. The molecule has 0 aliphatic carbocycles. The Bertz CT molecular complexity index is 528. The second kappa shape index (κ2) is 7.38. The zero-order chi connectivity index (χ0) is 16.1. The van der Waals surface area contributed by atoms with Crippen LogP contribution in [0.3, 0.4) is 0 Å². The highest BCUT2D eigenvalue weighted by Gasteiger charge is 2.20. The van der Waals surface area contributed by atoms with Crippen molar-refractivity contribution in [3.8, 4) is 0 Å². The monoisotopic (exact) mass is 305 g/mol. The Morgan fingerprint density at radius 2 is 2.05 bits per heavy atom. The lowest BCUT2D eigenvalue weighted by molar-refractivity contribution is -0.125. The molecule has 22 heavy (non-hydrogen) atoms. The third-order valence-electron chi connectivity index (χ3n) is 3.49. The molecule has 0 radical (unpaired) electrons. The second-order valence-electron chi connectivity index (χ2n) is 5.87. The van der Waals surface area contributed by atoms with Gasteiger partial charge in [0.25, 0.3) is 5.91 Å². The number of nitrogens with zero attached hydrogens (tertiary/aromatic N) is 1. The maximum atomic E-state index is 12.0. The van der Waals surface area contributed by atoms with Gasteiger partial charge in [0, 0.05) is 17.9 Å². The van der Waals surface area contributed by atoms with E-state index in [4.69, 9.17) is 10.5 Å². The van der Waals surface area contributed by atoms with Crippen LogP contribution in [-0.4, -0.2) is 37.6 Å². The molecule has 6 nitrogen and oxygen atoms in total. The number of hydrogen-bond donors (Lipinski definition) is 2. The number of nitrogens with two attached hydrogens (primary N) is 1. The van der Waals surface area contributed by atoms with Crippen LogP contribution in [0, 0.1) is 5.92 Å². The molecule has 1 fully saturated rings. The lowest BCUT2D eigenvalue weighted by Gasteiger charge is -2.27. The molecule has 6 heteroatoms. The van der Waals surface area contributed by atoms with Crippen molar-refractivity contribution < 1.29 is 14.3 Å². The largest absolute Gasteiger partial charge is 0.370 e. The van der Waals surface area contributed by atoms with E-state index in [9.17, 15) is 9.59 Å². The van der Waals surface area contributed by atoms with Gasteiger partial charge in [-0.2, -0.15) is 0 Å². The molecular weight excluding hydrogens is 282 g/mol. The molecule has 120 valence electrons. The van der Waals surface area contributed by atoms with E-state index in [-0.39, 0.29) is 18.4 Å². The normalized spacial score (nSPS) is 16.7. The lowest BCUT2D eigenvalue weighted by Crippen LogP contribution is -2.41. The van der Waals surface area contributed by atoms with Crippen LogP contribution in [0.15, 0.2) is 24.3 Å². The van der Waals surface area contributed by atoms with E-state index >= 15 is 0 Å². The number of carbonyl (C=O) groups excluding carboxylic acids is 2. The minimum atomic E-state index is -0.513. The van der Waals surface area contributed by atoms with Gasteiger partial charge in [-0.1, -0.05) is 13.8 Å². The van der Waals surface area contributed by atoms with Crippen LogP contribution in [0.2, 0.25) is 0 Å². The van der Waals surface area contributed by atoms with E-state index in [1.54, 1.807) is 17.0 Å². The maximum Gasteiger partial charge on any atom is 0.253 e. The van der Waals surface area contributed by atoms with Gasteiger partial charge in [0.2, 0.25) is 5.91 Å². The van der Waals surface area contributed by atoms with Crippen molar-refractivity contribution in [3.05, 3.63) is 24.3 Å². The van der Waals surface area contributed by atoms with E-state index in [0.29, 0.717) is 31.2 Å². The predicted molar refractivity (Wildman–Crippen MR) is 85.7 cm³/mol.